The van der Waals surface area contributed by atoms with E-state index in [1.807, 2.05) is 18.5 Å². The molecular weight excluding hydrogens is 320 g/mol. The number of carbonyl (C=O) groups excluding carboxylic acids is 1. The Morgan fingerprint density at radius 1 is 0.885 bits per heavy atom. The molecule has 1 heterocycles. The molecule has 0 unspecified atom stereocenters. The van der Waals surface area contributed by atoms with Gasteiger partial charge in [-0.25, -0.2) is 0 Å². The molecule has 1 rings (SSSR count). The number of amides is 1. The molecule has 0 aliphatic carbocycles. The number of rotatable bonds is 16. The first-order valence-electron chi connectivity index (χ1n) is 10.3. The van der Waals surface area contributed by atoms with Gasteiger partial charge in [-0.1, -0.05) is 56.1 Å². The molecule has 0 saturated heterocycles. The van der Waals surface area contributed by atoms with E-state index in [0.29, 0.717) is 6.42 Å². The molecule has 26 heavy (non-hydrogen) atoms. The number of aryl methyl sites for hydroxylation is 1. The Balaban J connectivity index is 1.82. The standard InChI is InChI=1S/C23H36N2O/c24-23(26)19-15-13-11-9-7-5-3-1-2-4-6-8-10-12-14-17-22-18-16-20-25-21-22/h1,3-4,6,16,18,20-21H,2,5,7-15,17,19H2,(H2,24,26)/b3-1-,6-4-. The number of nitrogens with zero attached hydrogens (tertiary/aromatic N) is 1. The van der Waals surface area contributed by atoms with Gasteiger partial charge in [0.15, 0.2) is 0 Å². The molecule has 0 atom stereocenters. The molecule has 1 aromatic heterocycles. The Kier molecular flexibility index (Phi) is 14.1. The lowest BCUT2D eigenvalue weighted by atomic mass is 10.1. The highest BCUT2D eigenvalue weighted by Gasteiger charge is 1.94. The predicted molar refractivity (Wildman–Crippen MR) is 111 cm³/mol. The summed E-state index contributed by atoms with van der Waals surface area (Å²) in [4.78, 5) is 14.8. The zero-order valence-corrected chi connectivity index (χ0v) is 16.2. The van der Waals surface area contributed by atoms with Crippen LogP contribution in [0, 0.1) is 0 Å². The Hall–Kier alpha value is -1.90. The zero-order chi connectivity index (χ0) is 18.7. The van der Waals surface area contributed by atoms with Crippen molar-refractivity contribution in [2.45, 2.75) is 83.5 Å². The summed E-state index contributed by atoms with van der Waals surface area (Å²) < 4.78 is 0. The number of primary amides is 1. The van der Waals surface area contributed by atoms with Crippen LogP contribution in [0.5, 0.6) is 0 Å². The third kappa shape index (κ3) is 14.4. The predicted octanol–water partition coefficient (Wildman–Crippen LogP) is 5.90. The number of unbranched alkanes of at least 4 members (excludes halogenated alkanes) is 8. The van der Waals surface area contributed by atoms with Crippen molar-refractivity contribution in [3.05, 3.63) is 54.4 Å². The second-order valence-electron chi connectivity index (χ2n) is 6.91. The highest BCUT2D eigenvalue weighted by Crippen LogP contribution is 2.08. The number of nitrogens with two attached hydrogens (primary N) is 1. The largest absolute Gasteiger partial charge is 0.370 e. The molecule has 0 aromatic carbocycles. The van der Waals surface area contributed by atoms with Crippen molar-refractivity contribution < 1.29 is 4.79 Å². The van der Waals surface area contributed by atoms with Crippen molar-refractivity contribution >= 4 is 5.91 Å². The zero-order valence-electron chi connectivity index (χ0n) is 16.2. The van der Waals surface area contributed by atoms with Gasteiger partial charge in [-0.15, -0.1) is 0 Å². The molecule has 0 aliphatic rings. The lowest BCUT2D eigenvalue weighted by molar-refractivity contribution is -0.118. The van der Waals surface area contributed by atoms with Crippen molar-refractivity contribution in [2.24, 2.45) is 5.73 Å². The molecule has 3 nitrogen and oxygen atoms in total. The minimum Gasteiger partial charge on any atom is -0.370 e. The molecule has 1 aromatic rings. The summed E-state index contributed by atoms with van der Waals surface area (Å²) in [6.07, 6.45) is 27.6. The third-order valence-corrected chi connectivity index (χ3v) is 4.46. The van der Waals surface area contributed by atoms with Crippen LogP contribution in [0.1, 0.15) is 82.6 Å². The van der Waals surface area contributed by atoms with E-state index in [9.17, 15) is 4.79 Å². The van der Waals surface area contributed by atoms with Crippen LogP contribution in [-0.2, 0) is 11.2 Å². The lowest BCUT2D eigenvalue weighted by Crippen LogP contribution is -2.09. The van der Waals surface area contributed by atoms with Gasteiger partial charge in [-0.3, -0.25) is 9.78 Å². The van der Waals surface area contributed by atoms with Crippen molar-refractivity contribution in [1.29, 1.82) is 0 Å². The first-order chi connectivity index (χ1) is 12.8. The van der Waals surface area contributed by atoms with Crippen LogP contribution in [0.4, 0.5) is 0 Å². The molecule has 0 saturated carbocycles. The lowest BCUT2D eigenvalue weighted by Gasteiger charge is -1.99. The Morgan fingerprint density at radius 2 is 1.54 bits per heavy atom. The minimum absolute atomic E-state index is 0.175. The van der Waals surface area contributed by atoms with Crippen LogP contribution in [0.2, 0.25) is 0 Å². The molecule has 144 valence electrons. The van der Waals surface area contributed by atoms with Gasteiger partial charge in [0.05, 0.1) is 0 Å². The van der Waals surface area contributed by atoms with Gasteiger partial charge in [0.25, 0.3) is 0 Å². The number of pyridine rings is 1. The second kappa shape index (κ2) is 16.6. The van der Waals surface area contributed by atoms with E-state index in [1.54, 1.807) is 0 Å². The maximum absolute atomic E-state index is 10.6. The number of hydrogen-bond donors (Lipinski definition) is 1. The van der Waals surface area contributed by atoms with Crippen molar-refractivity contribution in [2.75, 3.05) is 0 Å². The van der Waals surface area contributed by atoms with Gasteiger partial charge in [-0.2, -0.15) is 0 Å². The molecule has 0 fully saturated rings. The summed E-state index contributed by atoms with van der Waals surface area (Å²) in [6, 6.07) is 4.17. The van der Waals surface area contributed by atoms with Gasteiger partial charge < -0.3 is 5.73 Å². The highest BCUT2D eigenvalue weighted by atomic mass is 16.1. The second-order valence-corrected chi connectivity index (χ2v) is 6.91. The van der Waals surface area contributed by atoms with E-state index in [-0.39, 0.29) is 5.91 Å². The van der Waals surface area contributed by atoms with E-state index in [2.05, 4.69) is 35.4 Å². The average molecular weight is 357 g/mol. The highest BCUT2D eigenvalue weighted by molar-refractivity contribution is 5.73. The number of carbonyl (C=O) groups is 1. The maximum atomic E-state index is 10.6. The molecule has 0 radical (unpaired) electrons. The quantitative estimate of drug-likeness (QED) is 0.296. The Labute approximate surface area is 159 Å². The van der Waals surface area contributed by atoms with E-state index in [4.69, 9.17) is 5.73 Å². The van der Waals surface area contributed by atoms with Crippen LogP contribution >= 0.6 is 0 Å². The van der Waals surface area contributed by atoms with Crippen LogP contribution in [0.15, 0.2) is 48.8 Å². The summed E-state index contributed by atoms with van der Waals surface area (Å²) in [5, 5.41) is 0. The van der Waals surface area contributed by atoms with Crippen molar-refractivity contribution in [3.63, 3.8) is 0 Å². The molecule has 1 amide bonds. The number of hydrogen-bond acceptors (Lipinski definition) is 2. The fourth-order valence-corrected chi connectivity index (χ4v) is 2.91. The molecule has 0 bridgehead atoms. The molecule has 0 aliphatic heterocycles. The third-order valence-electron chi connectivity index (χ3n) is 4.46. The van der Waals surface area contributed by atoms with Crippen molar-refractivity contribution in [3.8, 4) is 0 Å². The summed E-state index contributed by atoms with van der Waals surface area (Å²) in [6.45, 7) is 0. The SMILES string of the molecule is NC(=O)CCCCCCC/C=C\C/C=C\CCCCCc1cccnc1. The van der Waals surface area contributed by atoms with Gasteiger partial charge in [0, 0.05) is 18.8 Å². The molecular formula is C23H36N2O. The monoisotopic (exact) mass is 356 g/mol. The van der Waals surface area contributed by atoms with E-state index < -0.39 is 0 Å². The fourth-order valence-electron chi connectivity index (χ4n) is 2.91. The topological polar surface area (TPSA) is 56.0 Å². The molecule has 3 heteroatoms. The van der Waals surface area contributed by atoms with Crippen molar-refractivity contribution in [1.82, 2.24) is 4.98 Å². The Morgan fingerprint density at radius 3 is 2.19 bits per heavy atom. The van der Waals surface area contributed by atoms with Crippen LogP contribution in [-0.4, -0.2) is 10.9 Å². The number of aromatic nitrogens is 1. The van der Waals surface area contributed by atoms with Gasteiger partial charge in [0.1, 0.15) is 0 Å². The summed E-state index contributed by atoms with van der Waals surface area (Å²) in [7, 11) is 0. The molecule has 0 spiro atoms. The summed E-state index contributed by atoms with van der Waals surface area (Å²) in [5.74, 6) is -0.175. The van der Waals surface area contributed by atoms with E-state index in [0.717, 1.165) is 32.1 Å². The summed E-state index contributed by atoms with van der Waals surface area (Å²) in [5.41, 5.74) is 6.47. The van der Waals surface area contributed by atoms with Gasteiger partial charge in [0.2, 0.25) is 5.91 Å². The normalized spacial score (nSPS) is 11.5. The average Bonchev–Trinajstić information content (AvgIpc) is 2.65. The van der Waals surface area contributed by atoms with Gasteiger partial charge >= 0.3 is 0 Å². The van der Waals surface area contributed by atoms with Crippen LogP contribution in [0.25, 0.3) is 0 Å². The van der Waals surface area contributed by atoms with Gasteiger partial charge in [-0.05, 0) is 63.0 Å². The smallest absolute Gasteiger partial charge is 0.217 e. The van der Waals surface area contributed by atoms with E-state index >= 15 is 0 Å². The van der Waals surface area contributed by atoms with E-state index in [1.165, 1.54) is 50.5 Å². The van der Waals surface area contributed by atoms with Crippen LogP contribution < -0.4 is 5.73 Å². The summed E-state index contributed by atoms with van der Waals surface area (Å²) >= 11 is 0. The fraction of sp³-hybridized carbons (Fsp3) is 0.565. The minimum atomic E-state index is -0.175. The molecule has 2 N–H and O–H groups in total. The number of allylic oxidation sites excluding steroid dienone is 4. The van der Waals surface area contributed by atoms with Crippen LogP contribution in [0.3, 0.4) is 0 Å². The first-order valence-corrected chi connectivity index (χ1v) is 10.3. The first kappa shape index (κ1) is 22.1. The Bertz CT molecular complexity index is 508. The maximum Gasteiger partial charge on any atom is 0.217 e.